The third kappa shape index (κ3) is 6.95. The number of ether oxygens (including phenoxy) is 4. The van der Waals surface area contributed by atoms with Crippen LogP contribution in [0.1, 0.15) is 0 Å². The number of ketones is 4. The second kappa shape index (κ2) is 12.4. The minimum absolute atomic E-state index is 0.121. The van der Waals surface area contributed by atoms with Gasteiger partial charge in [-0.1, -0.05) is 0 Å². The van der Waals surface area contributed by atoms with Crippen LogP contribution in [-0.4, -0.2) is 51.6 Å². The van der Waals surface area contributed by atoms with Crippen molar-refractivity contribution in [1.82, 2.24) is 0 Å². The highest BCUT2D eigenvalue weighted by Crippen LogP contribution is 2.21. The first-order valence-electron chi connectivity index (χ1n) is 9.69. The first-order valence-corrected chi connectivity index (χ1v) is 9.69. The van der Waals surface area contributed by atoms with E-state index >= 15 is 0 Å². The lowest BCUT2D eigenvalue weighted by atomic mass is 10.1. The van der Waals surface area contributed by atoms with Gasteiger partial charge in [-0.25, -0.2) is 0 Å². The Morgan fingerprint density at radius 1 is 0.529 bits per heavy atom. The number of methoxy groups -OCH3 is 4. The third-order valence-electron chi connectivity index (χ3n) is 4.27. The monoisotopic (exact) mass is 466 g/mol. The molecule has 3 rings (SSSR count). The topological polar surface area (TPSA) is 130 Å². The first-order chi connectivity index (χ1) is 16.3. The Hall–Kier alpha value is -4.60. The Balaban J connectivity index is 0.000000430. The number of allylic oxidation sites excluding steroid dienone is 10. The van der Waals surface area contributed by atoms with E-state index in [4.69, 9.17) is 18.9 Å². The van der Waals surface area contributed by atoms with Crippen LogP contribution in [0.5, 0.6) is 0 Å². The van der Waals surface area contributed by atoms with Crippen molar-refractivity contribution in [1.29, 1.82) is 0 Å². The number of azo groups is 1. The summed E-state index contributed by atoms with van der Waals surface area (Å²) in [5.41, 5.74) is 1.17. The molecule has 176 valence electrons. The number of carbonyl (C=O) groups is 4. The van der Waals surface area contributed by atoms with Crippen LogP contribution in [0.15, 0.2) is 105 Å². The molecule has 0 atom stereocenters. The van der Waals surface area contributed by atoms with E-state index < -0.39 is 0 Å². The molecule has 0 aromatic rings. The minimum atomic E-state index is -0.340. The van der Waals surface area contributed by atoms with E-state index in [0.717, 1.165) is 0 Å². The number of Topliss-reactive ketones (excluding diaryl/α,β-unsaturated/α-hetero) is 2. The standard InChI is InChI=1S/C18H18N2O6.C6H4O2/c1-23-13-5-11(6-14(24-2)17(13)21)9-19-20-10-12-7-15(25-3)18(22)16(8-12)26-4;7-5-1-2-6(8)4-3-5/h5-10H,1-4H3;1-4H/b20-19+;. The fourth-order valence-corrected chi connectivity index (χ4v) is 2.59. The highest BCUT2D eigenvalue weighted by atomic mass is 16.5. The van der Waals surface area contributed by atoms with Crippen LogP contribution >= 0.6 is 0 Å². The summed E-state index contributed by atoms with van der Waals surface area (Å²) in [4.78, 5) is 44.3. The summed E-state index contributed by atoms with van der Waals surface area (Å²) in [7, 11) is 5.59. The van der Waals surface area contributed by atoms with Crippen molar-refractivity contribution in [2.45, 2.75) is 0 Å². The van der Waals surface area contributed by atoms with Crippen LogP contribution in [0.25, 0.3) is 0 Å². The van der Waals surface area contributed by atoms with Gasteiger partial charge in [0, 0.05) is 11.1 Å². The van der Waals surface area contributed by atoms with Gasteiger partial charge in [0.25, 0.3) is 11.6 Å². The number of rotatable bonds is 6. The van der Waals surface area contributed by atoms with E-state index in [1.807, 2.05) is 0 Å². The molecule has 0 aromatic carbocycles. The molecule has 0 unspecified atom stereocenters. The maximum absolute atomic E-state index is 11.9. The molecule has 3 aliphatic rings. The molecule has 0 aromatic heterocycles. The number of hydrogen-bond donors (Lipinski definition) is 0. The molecule has 0 saturated heterocycles. The predicted octanol–water partition coefficient (Wildman–Crippen LogP) is 2.74. The quantitative estimate of drug-likeness (QED) is 0.431. The van der Waals surface area contributed by atoms with Crippen LogP contribution in [0.2, 0.25) is 0 Å². The van der Waals surface area contributed by atoms with E-state index in [-0.39, 0.29) is 46.2 Å². The second-order valence-corrected chi connectivity index (χ2v) is 6.47. The lowest BCUT2D eigenvalue weighted by Crippen LogP contribution is -2.13. The van der Waals surface area contributed by atoms with Gasteiger partial charge in [-0.05, 0) is 48.6 Å². The minimum Gasteiger partial charge on any atom is -0.492 e. The van der Waals surface area contributed by atoms with Crippen LogP contribution in [0.4, 0.5) is 0 Å². The van der Waals surface area contributed by atoms with Crippen molar-refractivity contribution in [3.05, 3.63) is 95.2 Å². The maximum atomic E-state index is 11.9. The maximum Gasteiger partial charge on any atom is 0.261 e. The Morgan fingerprint density at radius 2 is 0.794 bits per heavy atom. The van der Waals surface area contributed by atoms with Gasteiger partial charge in [-0.3, -0.25) is 19.2 Å². The normalized spacial score (nSPS) is 17.3. The molecule has 0 bridgehead atoms. The molecule has 10 nitrogen and oxygen atoms in total. The van der Waals surface area contributed by atoms with Gasteiger partial charge >= 0.3 is 0 Å². The number of nitrogens with zero attached hydrogens (tertiary/aromatic N) is 2. The molecule has 34 heavy (non-hydrogen) atoms. The molecule has 3 aliphatic carbocycles. The van der Waals surface area contributed by atoms with Gasteiger partial charge in [0.05, 0.1) is 40.8 Å². The molecule has 10 heteroatoms. The SMILES string of the molecule is COC1=CC(=C/N=N/C=C2C=C(OC)C(=O)C(OC)=C2)C=C(OC)C1=O.O=C1C=CC(=O)C=C1. The molecular formula is C24H22N2O8. The summed E-state index contributed by atoms with van der Waals surface area (Å²) in [6.45, 7) is 0. The molecular weight excluding hydrogens is 444 g/mol. The average molecular weight is 466 g/mol. The fourth-order valence-electron chi connectivity index (χ4n) is 2.59. The van der Waals surface area contributed by atoms with Crippen molar-refractivity contribution < 1.29 is 38.1 Å². The zero-order valence-electron chi connectivity index (χ0n) is 18.9. The summed E-state index contributed by atoms with van der Waals surface area (Å²) < 4.78 is 20.1. The van der Waals surface area contributed by atoms with Gasteiger partial charge in [0.2, 0.25) is 0 Å². The molecule has 0 aliphatic heterocycles. The predicted molar refractivity (Wildman–Crippen MR) is 120 cm³/mol. The van der Waals surface area contributed by atoms with Crippen molar-refractivity contribution in [2.75, 3.05) is 28.4 Å². The highest BCUT2D eigenvalue weighted by molar-refractivity contribution is 6.14. The third-order valence-corrected chi connectivity index (χ3v) is 4.27. The summed E-state index contributed by atoms with van der Waals surface area (Å²) in [5, 5.41) is 7.84. The van der Waals surface area contributed by atoms with Crippen molar-refractivity contribution in [2.24, 2.45) is 10.2 Å². The first kappa shape index (κ1) is 25.7. The van der Waals surface area contributed by atoms with E-state index in [2.05, 4.69) is 10.2 Å². The van der Waals surface area contributed by atoms with Gasteiger partial charge in [-0.2, -0.15) is 10.2 Å². The molecule has 0 amide bonds. The lowest BCUT2D eigenvalue weighted by Gasteiger charge is -2.13. The van der Waals surface area contributed by atoms with E-state index in [9.17, 15) is 19.2 Å². The smallest absolute Gasteiger partial charge is 0.261 e. The Labute approximate surface area is 195 Å². The van der Waals surface area contributed by atoms with E-state index in [1.165, 1.54) is 89.4 Å². The zero-order valence-corrected chi connectivity index (χ0v) is 18.9. The summed E-state index contributed by atoms with van der Waals surface area (Å²) in [6.07, 6.45) is 14.0. The second-order valence-electron chi connectivity index (χ2n) is 6.47. The van der Waals surface area contributed by atoms with Crippen LogP contribution in [-0.2, 0) is 38.1 Å². The van der Waals surface area contributed by atoms with Gasteiger partial charge in [0.15, 0.2) is 34.6 Å². The molecule has 0 saturated carbocycles. The highest BCUT2D eigenvalue weighted by Gasteiger charge is 2.22. The van der Waals surface area contributed by atoms with Crippen LogP contribution in [0.3, 0.4) is 0 Å². The molecule has 0 N–H and O–H groups in total. The zero-order chi connectivity index (χ0) is 25.1. The largest absolute Gasteiger partial charge is 0.492 e. The summed E-state index contributed by atoms with van der Waals surface area (Å²) >= 11 is 0. The van der Waals surface area contributed by atoms with Crippen LogP contribution < -0.4 is 0 Å². The summed E-state index contributed by atoms with van der Waals surface area (Å²) in [5.74, 6) is -0.328. The van der Waals surface area contributed by atoms with Crippen molar-refractivity contribution >= 4 is 23.1 Å². The van der Waals surface area contributed by atoms with Crippen molar-refractivity contribution in [3.8, 4) is 0 Å². The number of carbonyl (C=O) groups excluding carboxylic acids is 4. The lowest BCUT2D eigenvalue weighted by molar-refractivity contribution is -0.118. The van der Waals surface area contributed by atoms with Gasteiger partial charge < -0.3 is 18.9 Å². The molecule has 0 fully saturated rings. The van der Waals surface area contributed by atoms with Crippen molar-refractivity contribution in [3.63, 3.8) is 0 Å². The Morgan fingerprint density at radius 3 is 1.03 bits per heavy atom. The Bertz CT molecular complexity index is 999. The number of hydrogen-bond acceptors (Lipinski definition) is 10. The van der Waals surface area contributed by atoms with Crippen LogP contribution in [0, 0.1) is 0 Å². The molecule has 0 radical (unpaired) electrons. The molecule has 0 spiro atoms. The Kier molecular flexibility index (Phi) is 9.39. The fraction of sp³-hybridized carbons (Fsp3) is 0.167. The molecule has 0 heterocycles. The van der Waals surface area contributed by atoms with E-state index in [1.54, 1.807) is 0 Å². The van der Waals surface area contributed by atoms with Gasteiger partial charge in [-0.15, -0.1) is 0 Å². The van der Waals surface area contributed by atoms with E-state index in [0.29, 0.717) is 11.1 Å². The van der Waals surface area contributed by atoms with Gasteiger partial charge in [0.1, 0.15) is 0 Å². The average Bonchev–Trinajstić information content (AvgIpc) is 2.85. The summed E-state index contributed by atoms with van der Waals surface area (Å²) in [6, 6.07) is 0.